The van der Waals surface area contributed by atoms with Gasteiger partial charge in [-0.2, -0.15) is 0 Å². The Morgan fingerprint density at radius 2 is 1.90 bits per heavy atom. The maximum atomic E-state index is 5.74. The molecule has 0 fully saturated rings. The average Bonchev–Trinajstić information content (AvgIpc) is 2.95. The summed E-state index contributed by atoms with van der Waals surface area (Å²) in [6, 6.07) is 13.5. The molecular formula is C16H15NO3S. The maximum Gasteiger partial charge on any atom is 0.231 e. The van der Waals surface area contributed by atoms with Gasteiger partial charge < -0.3 is 19.9 Å². The molecule has 0 spiro atoms. The molecule has 108 valence electrons. The van der Waals surface area contributed by atoms with Crippen molar-refractivity contribution in [2.24, 2.45) is 5.73 Å². The SMILES string of the molecule is NC(=S)c1ccccc1COCc1ccc2c(c1)OCO2. The highest BCUT2D eigenvalue weighted by atomic mass is 32.1. The number of hydrogen-bond donors (Lipinski definition) is 1. The lowest BCUT2D eigenvalue weighted by Crippen LogP contribution is -2.12. The first-order valence-corrected chi connectivity index (χ1v) is 6.99. The van der Waals surface area contributed by atoms with Crippen molar-refractivity contribution in [2.45, 2.75) is 13.2 Å². The number of ether oxygens (including phenoxy) is 3. The van der Waals surface area contributed by atoms with Crippen LogP contribution in [0.3, 0.4) is 0 Å². The van der Waals surface area contributed by atoms with Crippen LogP contribution in [0.4, 0.5) is 0 Å². The van der Waals surface area contributed by atoms with E-state index in [0.717, 1.165) is 28.2 Å². The quantitative estimate of drug-likeness (QED) is 0.861. The highest BCUT2D eigenvalue weighted by molar-refractivity contribution is 7.80. The highest BCUT2D eigenvalue weighted by Crippen LogP contribution is 2.32. The van der Waals surface area contributed by atoms with Crippen LogP contribution < -0.4 is 15.2 Å². The monoisotopic (exact) mass is 301 g/mol. The normalized spacial score (nSPS) is 12.4. The molecule has 0 bridgehead atoms. The zero-order valence-corrected chi connectivity index (χ0v) is 12.2. The molecule has 1 heterocycles. The largest absolute Gasteiger partial charge is 0.454 e. The Balaban J connectivity index is 1.63. The van der Waals surface area contributed by atoms with E-state index in [1.54, 1.807) is 0 Å². The van der Waals surface area contributed by atoms with Gasteiger partial charge >= 0.3 is 0 Å². The molecule has 3 rings (SSSR count). The molecule has 0 unspecified atom stereocenters. The van der Waals surface area contributed by atoms with Gasteiger partial charge in [0.2, 0.25) is 6.79 Å². The van der Waals surface area contributed by atoms with Crippen LogP contribution in [-0.4, -0.2) is 11.8 Å². The van der Waals surface area contributed by atoms with E-state index in [2.05, 4.69) is 0 Å². The molecule has 21 heavy (non-hydrogen) atoms. The number of benzene rings is 2. The van der Waals surface area contributed by atoms with Crippen LogP contribution in [0.5, 0.6) is 11.5 Å². The summed E-state index contributed by atoms with van der Waals surface area (Å²) in [5.74, 6) is 1.54. The molecule has 0 atom stereocenters. The zero-order valence-electron chi connectivity index (χ0n) is 11.4. The van der Waals surface area contributed by atoms with Crippen LogP contribution >= 0.6 is 12.2 Å². The van der Waals surface area contributed by atoms with E-state index in [1.807, 2.05) is 42.5 Å². The summed E-state index contributed by atoms with van der Waals surface area (Å²) in [7, 11) is 0. The van der Waals surface area contributed by atoms with Gasteiger partial charge in [0.15, 0.2) is 11.5 Å². The first kappa shape index (κ1) is 13.9. The van der Waals surface area contributed by atoms with Gasteiger partial charge in [0.05, 0.1) is 13.2 Å². The molecule has 0 amide bonds. The molecule has 1 aliphatic heterocycles. The smallest absolute Gasteiger partial charge is 0.231 e. The third kappa shape index (κ3) is 3.15. The molecule has 0 saturated carbocycles. The van der Waals surface area contributed by atoms with Crippen LogP contribution in [0.15, 0.2) is 42.5 Å². The highest BCUT2D eigenvalue weighted by Gasteiger charge is 2.13. The lowest BCUT2D eigenvalue weighted by Gasteiger charge is -2.09. The first-order valence-electron chi connectivity index (χ1n) is 6.58. The van der Waals surface area contributed by atoms with E-state index in [1.165, 1.54) is 0 Å². The minimum Gasteiger partial charge on any atom is -0.454 e. The fourth-order valence-corrected chi connectivity index (χ4v) is 2.40. The molecule has 5 heteroatoms. The van der Waals surface area contributed by atoms with Crippen LogP contribution in [0.25, 0.3) is 0 Å². The summed E-state index contributed by atoms with van der Waals surface area (Å²) in [5, 5.41) is 0. The Labute approximate surface area is 128 Å². The fourth-order valence-electron chi connectivity index (χ4n) is 2.20. The Hall–Kier alpha value is -2.11. The third-order valence-corrected chi connectivity index (χ3v) is 3.47. The lowest BCUT2D eigenvalue weighted by molar-refractivity contribution is 0.107. The molecule has 2 aromatic carbocycles. The number of fused-ring (bicyclic) bond motifs is 1. The lowest BCUT2D eigenvalue weighted by atomic mass is 10.1. The van der Waals surface area contributed by atoms with Crippen molar-refractivity contribution in [1.82, 2.24) is 0 Å². The first-order chi connectivity index (χ1) is 10.2. The van der Waals surface area contributed by atoms with Crippen molar-refractivity contribution in [3.05, 3.63) is 59.2 Å². The van der Waals surface area contributed by atoms with E-state index >= 15 is 0 Å². The topological polar surface area (TPSA) is 53.7 Å². The second-order valence-electron chi connectivity index (χ2n) is 4.70. The van der Waals surface area contributed by atoms with Crippen molar-refractivity contribution in [3.63, 3.8) is 0 Å². The van der Waals surface area contributed by atoms with Gasteiger partial charge in [-0.3, -0.25) is 0 Å². The molecule has 2 aromatic rings. The van der Waals surface area contributed by atoms with Gasteiger partial charge in [-0.05, 0) is 23.3 Å². The van der Waals surface area contributed by atoms with Gasteiger partial charge in [-0.15, -0.1) is 0 Å². The number of hydrogen-bond acceptors (Lipinski definition) is 4. The van der Waals surface area contributed by atoms with Gasteiger partial charge in [-0.25, -0.2) is 0 Å². The van der Waals surface area contributed by atoms with E-state index < -0.39 is 0 Å². The molecular weight excluding hydrogens is 286 g/mol. The summed E-state index contributed by atoms with van der Waals surface area (Å²) in [6.07, 6.45) is 0. The summed E-state index contributed by atoms with van der Waals surface area (Å²) in [5.41, 5.74) is 8.59. The minimum absolute atomic E-state index is 0.279. The molecule has 0 saturated heterocycles. The Morgan fingerprint density at radius 1 is 1.10 bits per heavy atom. The predicted octanol–water partition coefficient (Wildman–Crippen LogP) is 2.77. The zero-order chi connectivity index (χ0) is 14.7. The Bertz CT molecular complexity index is 672. The van der Waals surface area contributed by atoms with Crippen LogP contribution in [0, 0.1) is 0 Å². The summed E-state index contributed by atoms with van der Waals surface area (Å²) in [4.78, 5) is 0.386. The number of rotatable bonds is 5. The van der Waals surface area contributed by atoms with Crippen LogP contribution in [-0.2, 0) is 18.0 Å². The molecule has 0 radical (unpaired) electrons. The molecule has 1 aliphatic rings. The van der Waals surface area contributed by atoms with Gasteiger partial charge in [0.1, 0.15) is 4.99 Å². The maximum absolute atomic E-state index is 5.74. The van der Waals surface area contributed by atoms with Crippen molar-refractivity contribution in [1.29, 1.82) is 0 Å². The van der Waals surface area contributed by atoms with E-state index in [9.17, 15) is 0 Å². The van der Waals surface area contributed by atoms with Gasteiger partial charge in [0.25, 0.3) is 0 Å². The summed E-state index contributed by atoms with van der Waals surface area (Å²) >= 11 is 5.04. The Kier molecular flexibility index (Phi) is 4.03. The van der Waals surface area contributed by atoms with E-state index in [4.69, 9.17) is 32.2 Å². The molecule has 2 N–H and O–H groups in total. The number of nitrogens with two attached hydrogens (primary N) is 1. The van der Waals surface area contributed by atoms with Crippen LogP contribution in [0.2, 0.25) is 0 Å². The molecule has 0 aliphatic carbocycles. The number of thiocarbonyl (C=S) groups is 1. The van der Waals surface area contributed by atoms with Crippen molar-refractivity contribution in [3.8, 4) is 11.5 Å². The summed E-state index contributed by atoms with van der Waals surface area (Å²) in [6.45, 7) is 1.23. The van der Waals surface area contributed by atoms with Crippen molar-refractivity contribution >= 4 is 17.2 Å². The second-order valence-corrected chi connectivity index (χ2v) is 5.14. The van der Waals surface area contributed by atoms with Gasteiger partial charge in [0, 0.05) is 5.56 Å². The van der Waals surface area contributed by atoms with Crippen molar-refractivity contribution < 1.29 is 14.2 Å². The fraction of sp³-hybridized carbons (Fsp3) is 0.188. The van der Waals surface area contributed by atoms with E-state index in [0.29, 0.717) is 18.2 Å². The van der Waals surface area contributed by atoms with Crippen molar-refractivity contribution in [2.75, 3.05) is 6.79 Å². The van der Waals surface area contributed by atoms with Gasteiger partial charge in [-0.1, -0.05) is 42.5 Å². The third-order valence-electron chi connectivity index (χ3n) is 3.25. The minimum atomic E-state index is 0.279. The molecule has 0 aromatic heterocycles. The van der Waals surface area contributed by atoms with E-state index in [-0.39, 0.29) is 6.79 Å². The molecule has 4 nitrogen and oxygen atoms in total. The second kappa shape index (κ2) is 6.11. The standard InChI is InChI=1S/C16H15NO3S/c17-16(21)13-4-2-1-3-12(13)9-18-8-11-5-6-14-15(7-11)20-10-19-14/h1-7H,8-10H2,(H2,17,21). The average molecular weight is 301 g/mol. The predicted molar refractivity (Wildman–Crippen MR) is 83.4 cm³/mol. The van der Waals surface area contributed by atoms with Crippen LogP contribution in [0.1, 0.15) is 16.7 Å². The summed E-state index contributed by atoms with van der Waals surface area (Å²) < 4.78 is 16.4. The Morgan fingerprint density at radius 3 is 2.76 bits per heavy atom.